The van der Waals surface area contributed by atoms with Crippen LogP contribution in [0.4, 0.5) is 0 Å². The Morgan fingerprint density at radius 3 is 2.00 bits per heavy atom. The van der Waals surface area contributed by atoms with E-state index >= 15 is 0 Å². The zero-order chi connectivity index (χ0) is 14.6. The van der Waals surface area contributed by atoms with Crippen LogP contribution in [0.3, 0.4) is 0 Å². The Hall–Kier alpha value is -0.970. The number of methoxy groups -OCH3 is 1. The third kappa shape index (κ3) is 15.0. The minimum atomic E-state index is -0.432. The van der Waals surface area contributed by atoms with Gasteiger partial charge in [-0.05, 0) is 18.3 Å². The Kier molecular flexibility index (Phi) is 10.4. The molecule has 2 heteroatoms. The van der Waals surface area contributed by atoms with Crippen molar-refractivity contribution in [3.8, 4) is 11.8 Å². The minimum Gasteiger partial charge on any atom is -0.459 e. The molecule has 0 radical (unpaired) electrons. The molecular weight excluding hydrogens is 236 g/mol. The van der Waals surface area contributed by atoms with E-state index in [-0.39, 0.29) is 0 Å². The molecule has 0 fully saturated rings. The molecule has 19 heavy (non-hydrogen) atoms. The molecule has 0 N–H and O–H groups in total. The molecule has 0 rings (SSSR count). The summed E-state index contributed by atoms with van der Waals surface area (Å²) in [6, 6.07) is 0. The van der Waals surface area contributed by atoms with Crippen molar-refractivity contribution in [1.82, 2.24) is 0 Å². The third-order valence-electron chi connectivity index (χ3n) is 3.10. The molecule has 0 aromatic carbocycles. The molecule has 0 aromatic heterocycles. The summed E-state index contributed by atoms with van der Waals surface area (Å²) in [5, 5.41) is 0. The van der Waals surface area contributed by atoms with E-state index in [0.717, 1.165) is 12.8 Å². The maximum absolute atomic E-state index is 10.7. The van der Waals surface area contributed by atoms with Crippen molar-refractivity contribution < 1.29 is 9.53 Å². The molecule has 110 valence electrons. The van der Waals surface area contributed by atoms with Gasteiger partial charge in [-0.1, -0.05) is 65.2 Å². The number of rotatable bonds is 8. The van der Waals surface area contributed by atoms with Gasteiger partial charge in [-0.15, -0.1) is 0 Å². The van der Waals surface area contributed by atoms with Crippen molar-refractivity contribution >= 4 is 5.97 Å². The van der Waals surface area contributed by atoms with E-state index in [1.54, 1.807) is 0 Å². The number of carbonyl (C=O) groups excluding carboxylic acids is 1. The summed E-state index contributed by atoms with van der Waals surface area (Å²) in [4.78, 5) is 10.7. The smallest absolute Gasteiger partial charge is 0.384 e. The molecule has 0 heterocycles. The van der Waals surface area contributed by atoms with E-state index < -0.39 is 5.97 Å². The summed E-state index contributed by atoms with van der Waals surface area (Å²) >= 11 is 0. The average molecular weight is 266 g/mol. The molecular formula is C17H30O2. The first-order valence-electron chi connectivity index (χ1n) is 7.52. The predicted octanol–water partition coefficient (Wildman–Crippen LogP) is 4.72. The fourth-order valence-electron chi connectivity index (χ4n) is 1.94. The highest BCUT2D eigenvalue weighted by Crippen LogP contribution is 2.22. The van der Waals surface area contributed by atoms with Gasteiger partial charge in [0.1, 0.15) is 0 Å². The summed E-state index contributed by atoms with van der Waals surface area (Å²) in [7, 11) is 1.36. The first-order chi connectivity index (χ1) is 8.95. The van der Waals surface area contributed by atoms with Gasteiger partial charge in [-0.3, -0.25) is 0 Å². The summed E-state index contributed by atoms with van der Waals surface area (Å²) in [6.45, 7) is 6.92. The van der Waals surface area contributed by atoms with Gasteiger partial charge >= 0.3 is 5.97 Å². The van der Waals surface area contributed by atoms with Gasteiger partial charge < -0.3 is 4.74 Å². The average Bonchev–Trinajstić information content (AvgIpc) is 2.34. The van der Waals surface area contributed by atoms with Gasteiger partial charge in [0.15, 0.2) is 0 Å². The van der Waals surface area contributed by atoms with Gasteiger partial charge in [0.05, 0.1) is 7.11 Å². The van der Waals surface area contributed by atoms with Crippen molar-refractivity contribution in [3.63, 3.8) is 0 Å². The highest BCUT2D eigenvalue weighted by atomic mass is 16.5. The van der Waals surface area contributed by atoms with E-state index in [1.165, 1.54) is 52.1 Å². The maximum Gasteiger partial charge on any atom is 0.384 e. The molecule has 0 aliphatic carbocycles. The molecule has 0 aliphatic heterocycles. The first kappa shape index (κ1) is 18.0. The van der Waals surface area contributed by atoms with Crippen LogP contribution < -0.4 is 0 Å². The Morgan fingerprint density at radius 1 is 0.947 bits per heavy atom. The Bertz CT molecular complexity index is 289. The van der Waals surface area contributed by atoms with Gasteiger partial charge in [-0.2, -0.15) is 0 Å². The van der Waals surface area contributed by atoms with Crippen LogP contribution >= 0.6 is 0 Å². The predicted molar refractivity (Wildman–Crippen MR) is 80.8 cm³/mol. The number of unbranched alkanes of at least 4 members (excludes halogenated alkanes) is 7. The lowest BCUT2D eigenvalue weighted by molar-refractivity contribution is -0.133. The Labute approximate surface area is 119 Å². The molecule has 0 saturated heterocycles. The molecule has 0 bridgehead atoms. The Balaban J connectivity index is 3.23. The van der Waals surface area contributed by atoms with Gasteiger partial charge in [0.2, 0.25) is 0 Å². The molecule has 0 spiro atoms. The van der Waals surface area contributed by atoms with Gasteiger partial charge in [0.25, 0.3) is 0 Å². The normalized spacial score (nSPS) is 10.7. The number of carbonyl (C=O) groups is 1. The molecule has 0 atom stereocenters. The van der Waals surface area contributed by atoms with E-state index in [9.17, 15) is 4.79 Å². The monoisotopic (exact) mass is 266 g/mol. The van der Waals surface area contributed by atoms with Crippen LogP contribution in [0, 0.1) is 17.3 Å². The second-order valence-electron chi connectivity index (χ2n) is 6.33. The van der Waals surface area contributed by atoms with Crippen molar-refractivity contribution in [2.75, 3.05) is 7.11 Å². The molecule has 0 aromatic rings. The van der Waals surface area contributed by atoms with Crippen LogP contribution in [0.25, 0.3) is 0 Å². The van der Waals surface area contributed by atoms with Crippen LogP contribution in [-0.2, 0) is 9.53 Å². The second-order valence-corrected chi connectivity index (χ2v) is 6.33. The number of hydrogen-bond acceptors (Lipinski definition) is 2. The molecule has 0 unspecified atom stereocenters. The van der Waals surface area contributed by atoms with Crippen LogP contribution in [0.1, 0.15) is 78.6 Å². The summed E-state index contributed by atoms with van der Waals surface area (Å²) in [5.74, 6) is 4.86. The highest BCUT2D eigenvalue weighted by Gasteiger charge is 2.08. The van der Waals surface area contributed by atoms with Crippen LogP contribution in [-0.4, -0.2) is 13.1 Å². The maximum atomic E-state index is 10.7. The Morgan fingerprint density at radius 2 is 1.47 bits per heavy atom. The summed E-state index contributed by atoms with van der Waals surface area (Å²) in [5.41, 5.74) is 0.484. The molecule has 0 aliphatic rings. The van der Waals surface area contributed by atoms with Crippen molar-refractivity contribution in [2.45, 2.75) is 78.6 Å². The summed E-state index contributed by atoms with van der Waals surface area (Å²) in [6.07, 6.45) is 11.1. The lowest BCUT2D eigenvalue weighted by Gasteiger charge is -2.17. The number of hydrogen-bond donors (Lipinski definition) is 0. The zero-order valence-corrected chi connectivity index (χ0v) is 13.2. The van der Waals surface area contributed by atoms with Crippen molar-refractivity contribution in [3.05, 3.63) is 0 Å². The second kappa shape index (κ2) is 10.9. The topological polar surface area (TPSA) is 26.3 Å². The zero-order valence-electron chi connectivity index (χ0n) is 13.2. The van der Waals surface area contributed by atoms with E-state index in [4.69, 9.17) is 0 Å². The van der Waals surface area contributed by atoms with Crippen molar-refractivity contribution in [2.24, 2.45) is 5.41 Å². The van der Waals surface area contributed by atoms with Crippen molar-refractivity contribution in [1.29, 1.82) is 0 Å². The standard InChI is InChI=1S/C17H30O2/c1-17(2,3)15-13-11-9-7-5-6-8-10-12-14-16(18)19-4/h5-11,13,15H2,1-4H3. The summed E-state index contributed by atoms with van der Waals surface area (Å²) < 4.78 is 4.44. The highest BCUT2D eigenvalue weighted by molar-refractivity contribution is 5.88. The van der Waals surface area contributed by atoms with E-state index in [2.05, 4.69) is 37.3 Å². The van der Waals surface area contributed by atoms with Crippen LogP contribution in [0.2, 0.25) is 0 Å². The first-order valence-corrected chi connectivity index (χ1v) is 7.52. The fraction of sp³-hybridized carbons (Fsp3) is 0.824. The van der Waals surface area contributed by atoms with Crippen LogP contribution in [0.5, 0.6) is 0 Å². The molecule has 0 saturated carbocycles. The molecule has 0 amide bonds. The quantitative estimate of drug-likeness (QED) is 0.275. The lowest BCUT2D eigenvalue weighted by Crippen LogP contribution is -2.03. The fourth-order valence-corrected chi connectivity index (χ4v) is 1.94. The number of esters is 1. The van der Waals surface area contributed by atoms with Gasteiger partial charge in [-0.25, -0.2) is 4.79 Å². The third-order valence-corrected chi connectivity index (χ3v) is 3.10. The van der Waals surface area contributed by atoms with E-state index in [1.807, 2.05) is 0 Å². The SMILES string of the molecule is COC(=O)C#CCCCCCCCCCC(C)(C)C. The largest absolute Gasteiger partial charge is 0.459 e. The minimum absolute atomic E-state index is 0.432. The van der Waals surface area contributed by atoms with Crippen LogP contribution in [0.15, 0.2) is 0 Å². The molecule has 2 nitrogen and oxygen atoms in total. The lowest BCUT2D eigenvalue weighted by atomic mass is 9.89. The van der Waals surface area contributed by atoms with E-state index in [0.29, 0.717) is 5.41 Å². The number of ether oxygens (including phenoxy) is 1. The van der Waals surface area contributed by atoms with Gasteiger partial charge in [0, 0.05) is 12.3 Å².